The smallest absolute Gasteiger partial charge is 0.0626 e. The number of nitrogens with one attached hydrogen (secondary N) is 1. The number of hydrogen-bond donors (Lipinski definition) is 3. The zero-order valence-corrected chi connectivity index (χ0v) is 9.98. The zero-order chi connectivity index (χ0) is 12.0. The maximum atomic E-state index is 9.32. The van der Waals surface area contributed by atoms with Gasteiger partial charge < -0.3 is 15.5 Å². The summed E-state index contributed by atoms with van der Waals surface area (Å²) in [6, 6.07) is 9.77. The molecule has 0 bridgehead atoms. The molecular formula is C13H21NO2. The predicted octanol–water partition coefficient (Wildman–Crippen LogP) is 1.33. The fraction of sp³-hybridized carbons (Fsp3) is 0.538. The third-order valence-corrected chi connectivity index (χ3v) is 2.64. The second-order valence-electron chi connectivity index (χ2n) is 4.85. The molecule has 3 heteroatoms. The highest BCUT2D eigenvalue weighted by molar-refractivity contribution is 5.18. The molecule has 0 aliphatic rings. The van der Waals surface area contributed by atoms with Crippen molar-refractivity contribution in [1.29, 1.82) is 0 Å². The molecule has 16 heavy (non-hydrogen) atoms. The molecule has 0 aromatic heterocycles. The van der Waals surface area contributed by atoms with Crippen molar-refractivity contribution in [2.24, 2.45) is 5.41 Å². The Morgan fingerprint density at radius 3 is 2.31 bits per heavy atom. The first-order valence-corrected chi connectivity index (χ1v) is 5.59. The minimum atomic E-state index is -0.164. The molecule has 0 heterocycles. The summed E-state index contributed by atoms with van der Waals surface area (Å²) in [7, 11) is 0. The van der Waals surface area contributed by atoms with E-state index in [1.165, 1.54) is 0 Å². The van der Waals surface area contributed by atoms with Gasteiger partial charge in [0.15, 0.2) is 0 Å². The first kappa shape index (κ1) is 13.2. The molecule has 0 radical (unpaired) electrons. The van der Waals surface area contributed by atoms with Crippen molar-refractivity contribution >= 4 is 0 Å². The van der Waals surface area contributed by atoms with Gasteiger partial charge in [-0.2, -0.15) is 0 Å². The van der Waals surface area contributed by atoms with Crippen LogP contribution in [-0.2, 0) is 0 Å². The van der Waals surface area contributed by atoms with E-state index in [4.69, 9.17) is 5.11 Å². The minimum Gasteiger partial charge on any atom is -0.396 e. The van der Waals surface area contributed by atoms with E-state index in [9.17, 15) is 5.11 Å². The van der Waals surface area contributed by atoms with Crippen LogP contribution in [0.25, 0.3) is 0 Å². The average Bonchev–Trinajstić information content (AvgIpc) is 2.31. The summed E-state index contributed by atoms with van der Waals surface area (Å²) in [5.41, 5.74) is 0.904. The fourth-order valence-electron chi connectivity index (χ4n) is 1.43. The van der Waals surface area contributed by atoms with E-state index >= 15 is 0 Å². The lowest BCUT2D eigenvalue weighted by Crippen LogP contribution is -2.35. The Balaban J connectivity index is 2.57. The molecule has 0 spiro atoms. The molecule has 90 valence electrons. The van der Waals surface area contributed by atoms with E-state index in [0.717, 1.165) is 5.56 Å². The second-order valence-corrected chi connectivity index (χ2v) is 4.85. The summed E-state index contributed by atoms with van der Waals surface area (Å²) in [5.74, 6) is 0. The number of benzene rings is 1. The van der Waals surface area contributed by atoms with Crippen molar-refractivity contribution in [1.82, 2.24) is 5.32 Å². The summed E-state index contributed by atoms with van der Waals surface area (Å²) in [6.45, 7) is 4.83. The van der Waals surface area contributed by atoms with Gasteiger partial charge in [-0.3, -0.25) is 0 Å². The summed E-state index contributed by atoms with van der Waals surface area (Å²) in [6.07, 6.45) is 0. The molecule has 0 saturated carbocycles. The normalized spacial score (nSPS) is 13.8. The maximum Gasteiger partial charge on any atom is 0.0626 e. The standard InChI is InChI=1S/C13H21NO2/c1-13(2,10-16)9-14-12(8-15)11-6-4-3-5-7-11/h3-7,12,14-16H,8-10H2,1-2H3/t12-/m0/s1. The van der Waals surface area contributed by atoms with Crippen molar-refractivity contribution in [3.8, 4) is 0 Å². The van der Waals surface area contributed by atoms with Crippen molar-refractivity contribution in [3.63, 3.8) is 0 Å². The third-order valence-electron chi connectivity index (χ3n) is 2.64. The highest BCUT2D eigenvalue weighted by atomic mass is 16.3. The monoisotopic (exact) mass is 223 g/mol. The Kier molecular flexibility index (Phi) is 4.93. The van der Waals surface area contributed by atoms with E-state index in [1.807, 2.05) is 44.2 Å². The van der Waals surface area contributed by atoms with Crippen LogP contribution in [0.2, 0.25) is 0 Å². The summed E-state index contributed by atoms with van der Waals surface area (Å²) < 4.78 is 0. The maximum absolute atomic E-state index is 9.32. The molecule has 3 nitrogen and oxygen atoms in total. The van der Waals surface area contributed by atoms with Crippen LogP contribution >= 0.6 is 0 Å². The summed E-state index contributed by atoms with van der Waals surface area (Å²) in [5, 5.41) is 21.7. The van der Waals surface area contributed by atoms with Crippen LogP contribution in [0.5, 0.6) is 0 Å². The zero-order valence-electron chi connectivity index (χ0n) is 9.98. The van der Waals surface area contributed by atoms with Gasteiger partial charge in [0.25, 0.3) is 0 Å². The Morgan fingerprint density at radius 2 is 1.81 bits per heavy atom. The Morgan fingerprint density at radius 1 is 1.19 bits per heavy atom. The number of hydrogen-bond acceptors (Lipinski definition) is 3. The molecule has 0 aliphatic heterocycles. The Bertz CT molecular complexity index is 298. The molecule has 0 saturated heterocycles. The van der Waals surface area contributed by atoms with Gasteiger partial charge in [-0.15, -0.1) is 0 Å². The van der Waals surface area contributed by atoms with Gasteiger partial charge in [0.1, 0.15) is 0 Å². The van der Waals surface area contributed by atoms with E-state index < -0.39 is 0 Å². The number of aliphatic hydroxyl groups excluding tert-OH is 2. The van der Waals surface area contributed by atoms with Crippen LogP contribution in [0.3, 0.4) is 0 Å². The molecule has 1 aromatic carbocycles. The number of rotatable bonds is 6. The van der Waals surface area contributed by atoms with Crippen LogP contribution < -0.4 is 5.32 Å². The average molecular weight is 223 g/mol. The van der Waals surface area contributed by atoms with Gasteiger partial charge in [0.05, 0.1) is 12.6 Å². The highest BCUT2D eigenvalue weighted by Gasteiger charge is 2.18. The minimum absolute atomic E-state index is 0.0610. The lowest BCUT2D eigenvalue weighted by molar-refractivity contribution is 0.145. The third kappa shape index (κ3) is 3.93. The van der Waals surface area contributed by atoms with Crippen molar-refractivity contribution in [2.75, 3.05) is 19.8 Å². The fourth-order valence-corrected chi connectivity index (χ4v) is 1.43. The van der Waals surface area contributed by atoms with E-state index in [-0.39, 0.29) is 24.7 Å². The first-order chi connectivity index (χ1) is 7.59. The van der Waals surface area contributed by atoms with Gasteiger partial charge in [-0.25, -0.2) is 0 Å². The number of aliphatic hydroxyl groups is 2. The highest BCUT2D eigenvalue weighted by Crippen LogP contribution is 2.16. The molecular weight excluding hydrogens is 202 g/mol. The molecule has 0 amide bonds. The summed E-state index contributed by atoms with van der Waals surface area (Å²) in [4.78, 5) is 0. The van der Waals surface area contributed by atoms with Crippen molar-refractivity contribution in [2.45, 2.75) is 19.9 Å². The quantitative estimate of drug-likeness (QED) is 0.682. The van der Waals surface area contributed by atoms with Gasteiger partial charge >= 0.3 is 0 Å². The van der Waals surface area contributed by atoms with Crippen LogP contribution in [0.1, 0.15) is 25.5 Å². The molecule has 3 N–H and O–H groups in total. The molecule has 0 unspecified atom stereocenters. The molecule has 1 atom stereocenters. The largest absolute Gasteiger partial charge is 0.396 e. The lowest BCUT2D eigenvalue weighted by atomic mass is 9.94. The molecule has 1 rings (SSSR count). The van der Waals surface area contributed by atoms with Crippen LogP contribution in [0.15, 0.2) is 30.3 Å². The van der Waals surface area contributed by atoms with Gasteiger partial charge in [-0.1, -0.05) is 44.2 Å². The van der Waals surface area contributed by atoms with Crippen molar-refractivity contribution < 1.29 is 10.2 Å². The van der Waals surface area contributed by atoms with Crippen LogP contribution in [0, 0.1) is 5.41 Å². The van der Waals surface area contributed by atoms with Gasteiger partial charge in [0.2, 0.25) is 0 Å². The molecule has 0 fully saturated rings. The van der Waals surface area contributed by atoms with E-state index in [2.05, 4.69) is 5.32 Å². The van der Waals surface area contributed by atoms with Crippen molar-refractivity contribution in [3.05, 3.63) is 35.9 Å². The SMILES string of the molecule is CC(C)(CO)CN[C@@H](CO)c1ccccc1. The predicted molar refractivity (Wildman–Crippen MR) is 65.1 cm³/mol. The van der Waals surface area contributed by atoms with Crippen LogP contribution in [0.4, 0.5) is 0 Å². The second kappa shape index (κ2) is 5.99. The summed E-state index contributed by atoms with van der Waals surface area (Å²) >= 11 is 0. The van der Waals surface area contributed by atoms with Gasteiger partial charge in [-0.05, 0) is 5.56 Å². The van der Waals surface area contributed by atoms with E-state index in [1.54, 1.807) is 0 Å². The first-order valence-electron chi connectivity index (χ1n) is 5.59. The molecule has 1 aromatic rings. The van der Waals surface area contributed by atoms with Crippen LogP contribution in [-0.4, -0.2) is 30.0 Å². The Hall–Kier alpha value is -0.900. The van der Waals surface area contributed by atoms with E-state index in [0.29, 0.717) is 6.54 Å². The molecule has 0 aliphatic carbocycles. The topological polar surface area (TPSA) is 52.5 Å². The lowest BCUT2D eigenvalue weighted by Gasteiger charge is -2.26. The Labute approximate surface area is 97.1 Å². The van der Waals surface area contributed by atoms with Gasteiger partial charge in [0, 0.05) is 18.6 Å².